The van der Waals surface area contributed by atoms with E-state index >= 15 is 0 Å². The molecule has 1 heterocycles. The number of ether oxygens (including phenoxy) is 2. The molecule has 0 aromatic heterocycles. The number of carbonyl (C=O) groups excluding carboxylic acids is 1. The minimum absolute atomic E-state index is 0.0325. The molecule has 0 fully saturated rings. The Labute approximate surface area is 93.5 Å². The van der Waals surface area contributed by atoms with Crippen molar-refractivity contribution < 1.29 is 14.3 Å². The van der Waals surface area contributed by atoms with Gasteiger partial charge in [-0.05, 0) is 12.1 Å². The fourth-order valence-electron chi connectivity index (χ4n) is 1.43. The van der Waals surface area contributed by atoms with E-state index in [2.05, 4.69) is 5.32 Å². The van der Waals surface area contributed by atoms with Crippen LogP contribution in [0.25, 0.3) is 0 Å². The Morgan fingerprint density at radius 2 is 2.06 bits per heavy atom. The van der Waals surface area contributed by atoms with Gasteiger partial charge < -0.3 is 20.5 Å². The van der Waals surface area contributed by atoms with Gasteiger partial charge in [-0.3, -0.25) is 4.79 Å². The zero-order valence-electron chi connectivity index (χ0n) is 8.86. The minimum atomic E-state index is -0.0325. The lowest BCUT2D eigenvalue weighted by Crippen LogP contribution is -2.22. The summed E-state index contributed by atoms with van der Waals surface area (Å²) in [6, 6.07) is 5.49. The first-order chi connectivity index (χ1) is 7.79. The van der Waals surface area contributed by atoms with Gasteiger partial charge in [-0.2, -0.15) is 0 Å². The Bertz CT molecular complexity index is 393. The largest absolute Gasteiger partial charge is 0.486 e. The first-order valence-corrected chi connectivity index (χ1v) is 5.15. The predicted molar refractivity (Wildman–Crippen MR) is 60.0 cm³/mol. The molecule has 2 rings (SSSR count). The van der Waals surface area contributed by atoms with Crippen LogP contribution < -0.4 is 20.5 Å². The molecule has 1 aliphatic rings. The number of benzene rings is 1. The van der Waals surface area contributed by atoms with Crippen molar-refractivity contribution in [3.05, 3.63) is 18.2 Å². The normalized spacial score (nSPS) is 13.3. The lowest BCUT2D eigenvalue weighted by molar-refractivity contribution is -0.116. The highest BCUT2D eigenvalue weighted by Crippen LogP contribution is 2.32. The number of rotatable bonds is 4. The van der Waals surface area contributed by atoms with Gasteiger partial charge in [0, 0.05) is 11.8 Å². The van der Waals surface area contributed by atoms with Crippen molar-refractivity contribution in [3.63, 3.8) is 0 Å². The van der Waals surface area contributed by atoms with Crippen molar-refractivity contribution >= 4 is 11.5 Å². The van der Waals surface area contributed by atoms with Gasteiger partial charge in [0.1, 0.15) is 13.2 Å². The third kappa shape index (κ3) is 2.43. The fourth-order valence-corrected chi connectivity index (χ4v) is 1.43. The smallest absolute Gasteiger partial charge is 0.165 e. The molecule has 1 aromatic rings. The van der Waals surface area contributed by atoms with Crippen molar-refractivity contribution in [2.75, 3.05) is 31.6 Å². The number of Topliss-reactive ketones (excluding diaryl/α,β-unsaturated/α-hetero) is 1. The van der Waals surface area contributed by atoms with E-state index in [0.29, 0.717) is 19.0 Å². The van der Waals surface area contributed by atoms with E-state index in [1.165, 1.54) is 0 Å². The summed E-state index contributed by atoms with van der Waals surface area (Å²) in [5.41, 5.74) is 6.04. The molecular weight excluding hydrogens is 208 g/mol. The maximum atomic E-state index is 11.0. The molecule has 0 aliphatic carbocycles. The molecule has 0 atom stereocenters. The van der Waals surface area contributed by atoms with Crippen LogP contribution in [0.1, 0.15) is 0 Å². The van der Waals surface area contributed by atoms with Gasteiger partial charge in [0.15, 0.2) is 17.3 Å². The molecule has 1 aromatic carbocycles. The molecule has 0 radical (unpaired) electrons. The molecule has 0 bridgehead atoms. The van der Waals surface area contributed by atoms with Gasteiger partial charge in [0.2, 0.25) is 0 Å². The van der Waals surface area contributed by atoms with E-state index in [4.69, 9.17) is 15.2 Å². The highest BCUT2D eigenvalue weighted by atomic mass is 16.6. The number of nitrogens with one attached hydrogen (secondary N) is 1. The van der Waals surface area contributed by atoms with E-state index < -0.39 is 0 Å². The minimum Gasteiger partial charge on any atom is -0.486 e. The van der Waals surface area contributed by atoms with Crippen LogP contribution in [0.15, 0.2) is 18.2 Å². The van der Waals surface area contributed by atoms with E-state index in [0.717, 1.165) is 11.4 Å². The maximum absolute atomic E-state index is 11.0. The van der Waals surface area contributed by atoms with Crippen LogP contribution in [0.5, 0.6) is 11.5 Å². The zero-order chi connectivity index (χ0) is 11.4. The summed E-state index contributed by atoms with van der Waals surface area (Å²) in [5.74, 6) is 1.41. The summed E-state index contributed by atoms with van der Waals surface area (Å²) in [6.07, 6.45) is 0. The molecule has 86 valence electrons. The highest BCUT2D eigenvalue weighted by Gasteiger charge is 2.11. The number of nitrogens with two attached hydrogens (primary N) is 1. The monoisotopic (exact) mass is 222 g/mol. The fraction of sp³-hybridized carbons (Fsp3) is 0.364. The molecule has 1 aliphatic heterocycles. The average Bonchev–Trinajstić information content (AvgIpc) is 2.35. The molecule has 0 amide bonds. The van der Waals surface area contributed by atoms with Gasteiger partial charge in [-0.1, -0.05) is 0 Å². The first-order valence-electron chi connectivity index (χ1n) is 5.15. The van der Waals surface area contributed by atoms with E-state index in [-0.39, 0.29) is 18.9 Å². The van der Waals surface area contributed by atoms with E-state index in [9.17, 15) is 4.79 Å². The van der Waals surface area contributed by atoms with Crippen LogP contribution >= 0.6 is 0 Å². The van der Waals surface area contributed by atoms with Crippen LogP contribution in [-0.4, -0.2) is 32.1 Å². The lowest BCUT2D eigenvalue weighted by atomic mass is 10.2. The van der Waals surface area contributed by atoms with Crippen molar-refractivity contribution in [2.45, 2.75) is 0 Å². The van der Waals surface area contributed by atoms with Crippen LogP contribution in [0.2, 0.25) is 0 Å². The van der Waals surface area contributed by atoms with Gasteiger partial charge in [0.25, 0.3) is 0 Å². The van der Waals surface area contributed by atoms with Crippen molar-refractivity contribution in [1.82, 2.24) is 0 Å². The number of ketones is 1. The Morgan fingerprint density at radius 1 is 1.31 bits per heavy atom. The van der Waals surface area contributed by atoms with Gasteiger partial charge in [-0.15, -0.1) is 0 Å². The molecule has 0 unspecified atom stereocenters. The van der Waals surface area contributed by atoms with Gasteiger partial charge in [0.05, 0.1) is 13.1 Å². The number of fused-ring (bicyclic) bond motifs is 1. The number of anilines is 1. The lowest BCUT2D eigenvalue weighted by Gasteiger charge is -2.19. The topological polar surface area (TPSA) is 73.6 Å². The average molecular weight is 222 g/mol. The molecule has 0 saturated heterocycles. The summed E-state index contributed by atoms with van der Waals surface area (Å²) in [4.78, 5) is 11.0. The van der Waals surface area contributed by atoms with Crippen molar-refractivity contribution in [3.8, 4) is 11.5 Å². The zero-order valence-corrected chi connectivity index (χ0v) is 8.86. The van der Waals surface area contributed by atoms with Crippen molar-refractivity contribution in [2.24, 2.45) is 5.73 Å². The molecule has 0 spiro atoms. The molecule has 16 heavy (non-hydrogen) atoms. The maximum Gasteiger partial charge on any atom is 0.165 e. The second kappa shape index (κ2) is 4.85. The molecule has 5 heteroatoms. The van der Waals surface area contributed by atoms with Crippen LogP contribution in [0, 0.1) is 0 Å². The second-order valence-corrected chi connectivity index (χ2v) is 3.45. The van der Waals surface area contributed by atoms with Crippen LogP contribution in [-0.2, 0) is 4.79 Å². The summed E-state index contributed by atoms with van der Waals surface area (Å²) >= 11 is 0. The number of hydrogen-bond donors (Lipinski definition) is 2. The van der Waals surface area contributed by atoms with Crippen LogP contribution in [0.3, 0.4) is 0 Å². The summed E-state index contributed by atoms with van der Waals surface area (Å²) in [5, 5.41) is 2.98. The summed E-state index contributed by atoms with van der Waals surface area (Å²) in [7, 11) is 0. The Hall–Kier alpha value is -1.75. The van der Waals surface area contributed by atoms with Crippen molar-refractivity contribution in [1.29, 1.82) is 0 Å². The Morgan fingerprint density at radius 3 is 2.81 bits per heavy atom. The summed E-state index contributed by atoms with van der Waals surface area (Å²) < 4.78 is 10.8. The highest BCUT2D eigenvalue weighted by molar-refractivity contribution is 5.84. The van der Waals surface area contributed by atoms with Gasteiger partial charge in [-0.25, -0.2) is 0 Å². The standard InChI is InChI=1S/C11H14N2O3/c12-6-9(14)7-13-8-1-2-10-11(5-8)16-4-3-15-10/h1-2,5,13H,3-4,6-7,12H2. The Kier molecular flexibility index (Phi) is 3.26. The number of carbonyl (C=O) groups is 1. The molecule has 3 N–H and O–H groups in total. The third-order valence-electron chi connectivity index (χ3n) is 2.26. The quantitative estimate of drug-likeness (QED) is 0.771. The molecular formula is C11H14N2O3. The Balaban J connectivity index is 2.03. The predicted octanol–water partition coefficient (Wildman–Crippen LogP) is 0.397. The first kappa shape index (κ1) is 10.8. The third-order valence-corrected chi connectivity index (χ3v) is 2.26. The van der Waals surface area contributed by atoms with Gasteiger partial charge >= 0.3 is 0 Å². The van der Waals surface area contributed by atoms with E-state index in [1.807, 2.05) is 18.2 Å². The van der Waals surface area contributed by atoms with E-state index in [1.54, 1.807) is 0 Å². The second-order valence-electron chi connectivity index (χ2n) is 3.45. The summed E-state index contributed by atoms with van der Waals surface area (Å²) in [6.45, 7) is 1.41. The number of hydrogen-bond acceptors (Lipinski definition) is 5. The van der Waals surface area contributed by atoms with Crippen LogP contribution in [0.4, 0.5) is 5.69 Å². The SMILES string of the molecule is NCC(=O)CNc1ccc2c(c1)OCCO2. The molecule has 5 nitrogen and oxygen atoms in total. The molecule has 0 saturated carbocycles.